The number of para-hydroxylation sites is 3. The first-order valence-corrected chi connectivity index (χ1v) is 12.0. The van der Waals surface area contributed by atoms with Gasteiger partial charge >= 0.3 is 0 Å². The molecule has 0 amide bonds. The Morgan fingerprint density at radius 2 is 1.14 bits per heavy atom. The highest BCUT2D eigenvalue weighted by molar-refractivity contribution is 6.35. The van der Waals surface area contributed by atoms with Crippen molar-refractivity contribution in [3.8, 4) is 27.9 Å². The third-order valence-corrected chi connectivity index (χ3v) is 6.87. The third kappa shape index (κ3) is 3.17. The van der Waals surface area contributed by atoms with Crippen molar-refractivity contribution in [1.29, 1.82) is 0 Å². The van der Waals surface area contributed by atoms with Crippen LogP contribution in [0, 0.1) is 0 Å². The first kappa shape index (κ1) is 20.1. The van der Waals surface area contributed by atoms with Gasteiger partial charge in [-0.3, -0.25) is 8.97 Å². The highest BCUT2D eigenvalue weighted by atomic mass is 35.5. The Morgan fingerprint density at radius 1 is 0.543 bits per heavy atom. The summed E-state index contributed by atoms with van der Waals surface area (Å²) < 4.78 is 4.39. The molecule has 0 spiro atoms. The summed E-state index contributed by atoms with van der Waals surface area (Å²) in [6.45, 7) is 0. The van der Waals surface area contributed by atoms with Crippen LogP contribution in [-0.4, -0.2) is 14.0 Å². The van der Waals surface area contributed by atoms with Gasteiger partial charge in [0, 0.05) is 0 Å². The van der Waals surface area contributed by atoms with Crippen LogP contribution in [0.2, 0.25) is 5.02 Å². The second kappa shape index (κ2) is 7.86. The number of aromatic nitrogens is 3. The van der Waals surface area contributed by atoms with Crippen LogP contribution in [0.5, 0.6) is 0 Å². The van der Waals surface area contributed by atoms with E-state index in [0.29, 0.717) is 5.02 Å². The predicted molar refractivity (Wildman–Crippen MR) is 145 cm³/mol. The van der Waals surface area contributed by atoms with E-state index in [1.54, 1.807) is 0 Å². The minimum absolute atomic E-state index is 0.705. The summed E-state index contributed by atoms with van der Waals surface area (Å²) >= 11 is 6.79. The van der Waals surface area contributed by atoms with Gasteiger partial charge in [-0.15, -0.1) is 0 Å². The molecule has 0 bridgehead atoms. The highest BCUT2D eigenvalue weighted by Gasteiger charge is 2.19. The number of nitrogens with zero attached hydrogens (tertiary/aromatic N) is 3. The van der Waals surface area contributed by atoms with Crippen LogP contribution in [-0.2, 0) is 0 Å². The molecule has 0 saturated carbocycles. The van der Waals surface area contributed by atoms with Crippen molar-refractivity contribution in [3.05, 3.63) is 126 Å². The Hall–Kier alpha value is -4.34. The summed E-state index contributed by atoms with van der Waals surface area (Å²) in [5, 5.41) is 0.705. The fourth-order valence-electron chi connectivity index (χ4n) is 4.99. The summed E-state index contributed by atoms with van der Waals surface area (Å²) in [6, 6.07) is 42.0. The molecule has 7 aromatic rings. The molecule has 5 aromatic carbocycles. The van der Waals surface area contributed by atoms with Gasteiger partial charge in [0.05, 0.1) is 32.8 Å². The van der Waals surface area contributed by atoms with Crippen molar-refractivity contribution >= 4 is 39.4 Å². The van der Waals surface area contributed by atoms with Gasteiger partial charge in [-0.2, -0.15) is 0 Å². The summed E-state index contributed by atoms with van der Waals surface area (Å²) in [4.78, 5) is 5.04. The number of hydrogen-bond acceptors (Lipinski definition) is 1. The van der Waals surface area contributed by atoms with E-state index in [1.807, 2.05) is 42.5 Å². The topological polar surface area (TPSA) is 22.2 Å². The molecule has 4 heteroatoms. The zero-order valence-corrected chi connectivity index (χ0v) is 19.5. The predicted octanol–water partition coefficient (Wildman–Crippen LogP) is 8.42. The second-order valence-corrected chi connectivity index (χ2v) is 9.09. The largest absolute Gasteiger partial charge is 0.278 e. The number of halogens is 1. The van der Waals surface area contributed by atoms with Gasteiger partial charge in [-0.05, 0) is 64.7 Å². The molecule has 2 aromatic heterocycles. The average molecular weight is 470 g/mol. The summed E-state index contributed by atoms with van der Waals surface area (Å²) in [7, 11) is 0. The van der Waals surface area contributed by atoms with Crippen molar-refractivity contribution in [2.75, 3.05) is 0 Å². The summed E-state index contributed by atoms with van der Waals surface area (Å²) in [6.07, 6.45) is 0. The molecule has 0 aliphatic heterocycles. The Balaban J connectivity index is 1.61. The first-order chi connectivity index (χ1) is 17.3. The molecule has 0 unspecified atom stereocenters. The maximum Gasteiger partial charge on any atom is 0.220 e. The van der Waals surface area contributed by atoms with Gasteiger partial charge in [0.15, 0.2) is 0 Å². The van der Waals surface area contributed by atoms with Crippen molar-refractivity contribution in [1.82, 2.24) is 14.0 Å². The van der Waals surface area contributed by atoms with Crippen molar-refractivity contribution in [2.45, 2.75) is 0 Å². The fourth-order valence-corrected chi connectivity index (χ4v) is 5.24. The maximum atomic E-state index is 6.79. The molecule has 7 rings (SSSR count). The molecule has 3 nitrogen and oxygen atoms in total. The van der Waals surface area contributed by atoms with E-state index in [4.69, 9.17) is 16.6 Å². The number of fused-ring (bicyclic) bond motifs is 5. The smallest absolute Gasteiger partial charge is 0.220 e. The lowest BCUT2D eigenvalue weighted by molar-refractivity contribution is 1.11. The van der Waals surface area contributed by atoms with Crippen LogP contribution in [0.4, 0.5) is 0 Å². The Kier molecular flexibility index (Phi) is 4.51. The molecule has 166 valence electrons. The van der Waals surface area contributed by atoms with Gasteiger partial charge in [0.2, 0.25) is 5.78 Å². The normalized spacial score (nSPS) is 11.6. The molecule has 2 heterocycles. The molecule has 0 atom stereocenters. The monoisotopic (exact) mass is 469 g/mol. The number of imidazole rings is 2. The Bertz CT molecular complexity index is 1790. The molecule has 0 fully saturated rings. The van der Waals surface area contributed by atoms with E-state index in [9.17, 15) is 0 Å². The zero-order valence-electron chi connectivity index (χ0n) is 18.8. The van der Waals surface area contributed by atoms with Crippen molar-refractivity contribution < 1.29 is 0 Å². The highest BCUT2D eigenvalue weighted by Crippen LogP contribution is 2.36. The van der Waals surface area contributed by atoms with Gasteiger partial charge < -0.3 is 0 Å². The summed E-state index contributed by atoms with van der Waals surface area (Å²) in [5.41, 5.74) is 9.67. The molecular weight excluding hydrogens is 450 g/mol. The molecule has 35 heavy (non-hydrogen) atoms. The van der Waals surface area contributed by atoms with Crippen molar-refractivity contribution in [2.24, 2.45) is 0 Å². The minimum atomic E-state index is 0.705. The van der Waals surface area contributed by atoms with Crippen LogP contribution >= 0.6 is 11.6 Å². The van der Waals surface area contributed by atoms with Crippen LogP contribution in [0.1, 0.15) is 0 Å². The van der Waals surface area contributed by atoms with E-state index in [2.05, 4.69) is 87.8 Å². The first-order valence-electron chi connectivity index (χ1n) is 11.6. The second-order valence-electron chi connectivity index (χ2n) is 8.68. The molecule has 0 aliphatic rings. The minimum Gasteiger partial charge on any atom is -0.278 e. The maximum absolute atomic E-state index is 6.79. The average Bonchev–Trinajstić information content (AvgIpc) is 3.44. The van der Waals surface area contributed by atoms with E-state index in [-0.39, 0.29) is 0 Å². The standard InChI is InChI=1S/C31H20ClN3/c32-26-14-9-17-29-30(26)35-28-16-8-7-15-27(28)33-31(35)34(29)25-19-23(21-10-3-1-4-11-21)18-24(20-25)22-12-5-2-6-13-22/h1-20H. The molecular formula is C31H20ClN3. The van der Waals surface area contributed by atoms with Crippen LogP contribution in [0.3, 0.4) is 0 Å². The number of rotatable bonds is 3. The van der Waals surface area contributed by atoms with Crippen LogP contribution in [0.15, 0.2) is 121 Å². The lowest BCUT2D eigenvalue weighted by Gasteiger charge is -2.13. The van der Waals surface area contributed by atoms with Crippen LogP contribution < -0.4 is 0 Å². The lowest BCUT2D eigenvalue weighted by atomic mass is 9.98. The third-order valence-electron chi connectivity index (χ3n) is 6.56. The molecule has 0 saturated heterocycles. The van der Waals surface area contributed by atoms with Crippen molar-refractivity contribution in [3.63, 3.8) is 0 Å². The molecule has 0 radical (unpaired) electrons. The number of hydrogen-bond donors (Lipinski definition) is 0. The quantitative estimate of drug-likeness (QED) is 0.254. The fraction of sp³-hybridized carbons (Fsp3) is 0. The van der Waals surface area contributed by atoms with E-state index in [0.717, 1.165) is 44.7 Å². The van der Waals surface area contributed by atoms with Gasteiger partial charge in [-0.25, -0.2) is 4.98 Å². The van der Waals surface area contributed by atoms with Gasteiger partial charge in [0.25, 0.3) is 0 Å². The molecule has 0 aliphatic carbocycles. The Morgan fingerprint density at radius 3 is 1.83 bits per heavy atom. The number of benzene rings is 5. The van der Waals surface area contributed by atoms with E-state index < -0.39 is 0 Å². The van der Waals surface area contributed by atoms with Gasteiger partial charge in [0.1, 0.15) is 0 Å². The SMILES string of the molecule is Clc1cccc2c1n1c3ccccc3nc1n2-c1cc(-c2ccccc2)cc(-c2ccccc2)c1. The van der Waals surface area contributed by atoms with E-state index in [1.165, 1.54) is 11.1 Å². The Labute approximate surface area is 207 Å². The summed E-state index contributed by atoms with van der Waals surface area (Å²) in [5.74, 6) is 0.846. The molecule has 0 N–H and O–H groups in total. The lowest BCUT2D eigenvalue weighted by Crippen LogP contribution is -1.97. The van der Waals surface area contributed by atoms with E-state index >= 15 is 0 Å². The van der Waals surface area contributed by atoms with Crippen LogP contribution in [0.25, 0.3) is 55.8 Å². The van der Waals surface area contributed by atoms with Gasteiger partial charge in [-0.1, -0.05) is 90.5 Å². The zero-order chi connectivity index (χ0) is 23.4.